The minimum absolute atomic E-state index is 0.106. The summed E-state index contributed by atoms with van der Waals surface area (Å²) in [6.45, 7) is 9.66. The van der Waals surface area contributed by atoms with Crippen LogP contribution in [0.2, 0.25) is 0 Å². The molecular formula is C51H83NO21. The van der Waals surface area contributed by atoms with Gasteiger partial charge in [-0.2, -0.15) is 0 Å². The van der Waals surface area contributed by atoms with E-state index in [0.29, 0.717) is 48.3 Å². The van der Waals surface area contributed by atoms with Crippen LogP contribution in [-0.2, 0) is 42.6 Å². The molecule has 0 aromatic heterocycles. The molecule has 3 saturated carbocycles. The number of ether oxygens (including phenoxy) is 9. The van der Waals surface area contributed by atoms with Gasteiger partial charge in [-0.25, -0.2) is 0 Å². The Hall–Kier alpha value is -1.14. The lowest BCUT2D eigenvalue weighted by Gasteiger charge is -2.59. The molecule has 13 N–H and O–H groups in total. The standard InChI is InChI=1S/C51H83NO21/c1-20-8-13-51(52-16-20)21(2)32-28(73-51)15-27-25-7-6-23-14-24(9-11-49(23,4)26(25)10-12-50(27,32)5)66-48-44(72-45-40(63)37(60)33(56)22(3)65-45)42(36(59)31(19-55)69-48)70-47-43(39(62)35(58)30(18-54)68-47)71-46-41(64)38(61)34(57)29(17-53)67-46/h6,20-22,24-48,52-64H,7-19H2,1-5H3/t20-,21+,22+,24+,25?,26?,27?,28?,29-,30-,31-,32?,33+,34-,35-,36+,37-,38+,39+,40-,41-,42+,43-,44-,45+,46+,47+,48-,49+,50+,51-/m1/s1. The summed E-state index contributed by atoms with van der Waals surface area (Å²) in [5.41, 5.74) is 1.11. The molecule has 6 heterocycles. The van der Waals surface area contributed by atoms with E-state index in [1.54, 1.807) is 0 Å². The highest BCUT2D eigenvalue weighted by molar-refractivity contribution is 5.27. The van der Waals surface area contributed by atoms with E-state index in [2.05, 4.69) is 39.1 Å². The van der Waals surface area contributed by atoms with Gasteiger partial charge in [0.1, 0.15) is 97.3 Å². The summed E-state index contributed by atoms with van der Waals surface area (Å²) >= 11 is 0. The van der Waals surface area contributed by atoms with Crippen molar-refractivity contribution in [1.29, 1.82) is 0 Å². The van der Waals surface area contributed by atoms with Crippen molar-refractivity contribution in [3.8, 4) is 0 Å². The van der Waals surface area contributed by atoms with Gasteiger partial charge in [-0.1, -0.05) is 39.3 Å². The van der Waals surface area contributed by atoms with Crippen LogP contribution >= 0.6 is 0 Å². The highest BCUT2D eigenvalue weighted by Crippen LogP contribution is 2.70. The maximum atomic E-state index is 12.0. The normalized spacial score (nSPS) is 57.1. The van der Waals surface area contributed by atoms with Gasteiger partial charge in [0.2, 0.25) is 0 Å². The monoisotopic (exact) mass is 1050 g/mol. The predicted molar refractivity (Wildman–Crippen MR) is 249 cm³/mol. The van der Waals surface area contributed by atoms with Gasteiger partial charge in [-0.15, -0.1) is 0 Å². The molecule has 22 heteroatoms. The van der Waals surface area contributed by atoms with Crippen LogP contribution < -0.4 is 5.32 Å². The summed E-state index contributed by atoms with van der Waals surface area (Å²) in [7, 11) is 0. The molecular weight excluding hydrogens is 963 g/mol. The number of rotatable bonds is 11. The Bertz CT molecular complexity index is 1930. The minimum Gasteiger partial charge on any atom is -0.394 e. The Balaban J connectivity index is 0.902. The van der Waals surface area contributed by atoms with E-state index in [-0.39, 0.29) is 22.7 Å². The summed E-state index contributed by atoms with van der Waals surface area (Å²) in [6.07, 6.45) is -23.4. The quantitative estimate of drug-likeness (QED) is 0.0961. The number of allylic oxidation sites excluding steroid dienone is 1. The molecule has 0 radical (unpaired) electrons. The van der Waals surface area contributed by atoms with Crippen molar-refractivity contribution in [1.82, 2.24) is 5.32 Å². The summed E-state index contributed by atoms with van der Waals surface area (Å²) in [5, 5.41) is 134. The molecule has 0 amide bonds. The van der Waals surface area contributed by atoms with Crippen LogP contribution in [0.3, 0.4) is 0 Å². The third-order valence-electron chi connectivity index (χ3n) is 20.0. The van der Waals surface area contributed by atoms with Crippen molar-refractivity contribution in [2.24, 2.45) is 46.3 Å². The zero-order valence-electron chi connectivity index (χ0n) is 42.5. The maximum Gasteiger partial charge on any atom is 0.187 e. The van der Waals surface area contributed by atoms with Crippen molar-refractivity contribution in [2.45, 2.75) is 233 Å². The van der Waals surface area contributed by atoms with Crippen molar-refractivity contribution in [2.75, 3.05) is 26.4 Å². The van der Waals surface area contributed by atoms with E-state index in [1.165, 1.54) is 18.9 Å². The summed E-state index contributed by atoms with van der Waals surface area (Å²) < 4.78 is 56.3. The third kappa shape index (κ3) is 9.42. The van der Waals surface area contributed by atoms with Crippen LogP contribution in [0.25, 0.3) is 0 Å². The second-order valence-corrected chi connectivity index (χ2v) is 24.0. The van der Waals surface area contributed by atoms with Gasteiger partial charge in [-0.3, -0.25) is 5.32 Å². The van der Waals surface area contributed by atoms with Gasteiger partial charge >= 0.3 is 0 Å². The Morgan fingerprint density at radius 1 is 0.589 bits per heavy atom. The maximum absolute atomic E-state index is 12.0. The lowest BCUT2D eigenvalue weighted by molar-refractivity contribution is -0.406. The van der Waals surface area contributed by atoms with Crippen LogP contribution in [0.1, 0.15) is 92.4 Å². The number of piperidine rings is 1. The first-order chi connectivity index (χ1) is 34.7. The molecule has 6 aliphatic heterocycles. The van der Waals surface area contributed by atoms with Crippen LogP contribution in [0.5, 0.6) is 0 Å². The van der Waals surface area contributed by atoms with Crippen molar-refractivity contribution < 1.29 is 104 Å². The van der Waals surface area contributed by atoms with Gasteiger partial charge in [0, 0.05) is 12.5 Å². The van der Waals surface area contributed by atoms with Crippen molar-refractivity contribution in [3.05, 3.63) is 11.6 Å². The fourth-order valence-electron chi connectivity index (χ4n) is 15.7. The first-order valence-corrected chi connectivity index (χ1v) is 27.0. The highest BCUT2D eigenvalue weighted by atomic mass is 16.8. The number of aliphatic hydroxyl groups is 12. The summed E-state index contributed by atoms with van der Waals surface area (Å²) in [6, 6.07) is 0. The van der Waals surface area contributed by atoms with Crippen LogP contribution in [-0.4, -0.2) is 228 Å². The Morgan fingerprint density at radius 3 is 1.84 bits per heavy atom. The van der Waals surface area contributed by atoms with E-state index < -0.39 is 149 Å². The van der Waals surface area contributed by atoms with Gasteiger partial charge in [0.05, 0.1) is 38.1 Å². The van der Waals surface area contributed by atoms with E-state index in [0.717, 1.165) is 45.1 Å². The van der Waals surface area contributed by atoms with Crippen molar-refractivity contribution >= 4 is 0 Å². The molecule has 4 aliphatic carbocycles. The summed E-state index contributed by atoms with van der Waals surface area (Å²) in [5.74, 6) is 3.06. The fourth-order valence-corrected chi connectivity index (χ4v) is 15.7. The van der Waals surface area contributed by atoms with Crippen molar-refractivity contribution in [3.63, 3.8) is 0 Å². The molecule has 10 aliphatic rings. The molecule has 0 bridgehead atoms. The third-order valence-corrected chi connectivity index (χ3v) is 20.0. The molecule has 10 rings (SSSR count). The van der Waals surface area contributed by atoms with Crippen LogP contribution in [0.4, 0.5) is 0 Å². The highest BCUT2D eigenvalue weighted by Gasteiger charge is 2.68. The summed E-state index contributed by atoms with van der Waals surface area (Å²) in [4.78, 5) is 0. The van der Waals surface area contributed by atoms with Gasteiger partial charge in [0.25, 0.3) is 0 Å². The number of nitrogens with one attached hydrogen (secondary N) is 1. The van der Waals surface area contributed by atoms with Gasteiger partial charge in [-0.05, 0) is 105 Å². The number of aliphatic hydroxyl groups excluding tert-OH is 12. The zero-order valence-corrected chi connectivity index (χ0v) is 42.5. The molecule has 1 spiro atoms. The molecule has 418 valence electrons. The molecule has 6 saturated heterocycles. The Labute approximate surface area is 425 Å². The first kappa shape index (κ1) is 55.2. The Kier molecular flexibility index (Phi) is 16.0. The van der Waals surface area contributed by atoms with Gasteiger partial charge in [0.15, 0.2) is 25.2 Å². The zero-order chi connectivity index (χ0) is 52.2. The lowest BCUT2D eigenvalue weighted by atomic mass is 9.47. The number of hydrogen-bond donors (Lipinski definition) is 13. The van der Waals surface area contributed by atoms with E-state index in [4.69, 9.17) is 42.6 Å². The molecule has 22 nitrogen and oxygen atoms in total. The van der Waals surface area contributed by atoms with Crippen LogP contribution in [0.15, 0.2) is 11.6 Å². The average Bonchev–Trinajstić information content (AvgIpc) is 3.82. The van der Waals surface area contributed by atoms with E-state index in [1.807, 2.05) is 0 Å². The Morgan fingerprint density at radius 2 is 1.18 bits per heavy atom. The first-order valence-electron chi connectivity index (χ1n) is 27.0. The second-order valence-electron chi connectivity index (χ2n) is 24.0. The number of hydrogen-bond acceptors (Lipinski definition) is 22. The topological polar surface area (TPSA) is 338 Å². The lowest BCUT2D eigenvalue weighted by Crippen LogP contribution is -2.68. The number of fused-ring (bicyclic) bond motifs is 7. The average molecular weight is 1050 g/mol. The van der Waals surface area contributed by atoms with E-state index >= 15 is 0 Å². The largest absolute Gasteiger partial charge is 0.394 e. The molecule has 0 aromatic carbocycles. The molecule has 9 fully saturated rings. The smallest absolute Gasteiger partial charge is 0.187 e. The molecule has 0 aromatic rings. The molecule has 5 unspecified atom stereocenters. The molecule has 31 atom stereocenters. The van der Waals surface area contributed by atoms with Crippen LogP contribution in [0, 0.1) is 46.3 Å². The fraction of sp³-hybridized carbons (Fsp3) is 0.961. The SMILES string of the molecule is C[C@@H]1CC[C@@]2(NC1)OC1CC3C4CC=C5C[C@@H](O[C@@H]6O[C@H](CO)[C@H](O)[C@H](O[C@@H]7O[C@H](CO)[C@@H](O)[C@H](O)[C@H]7O[C@@H]7O[C@H](CO)[C@@H](O)[C@H](O)[C@H]7O)[C@H]6O[C@@H]6O[C@@H](C)[C@H](O)[C@@H](O)[C@H]6O)CC[C@]5(C)C4CC[C@]3(C)C1[C@@H]2C. The minimum atomic E-state index is -1.97. The van der Waals surface area contributed by atoms with E-state index in [9.17, 15) is 61.3 Å². The predicted octanol–water partition coefficient (Wildman–Crippen LogP) is -2.39. The van der Waals surface area contributed by atoms with Gasteiger partial charge < -0.3 is 104 Å². The molecule has 73 heavy (non-hydrogen) atoms. The second kappa shape index (κ2) is 21.2.